The van der Waals surface area contributed by atoms with E-state index in [2.05, 4.69) is 27.2 Å². The van der Waals surface area contributed by atoms with E-state index in [0.717, 1.165) is 36.2 Å². The topological polar surface area (TPSA) is 131 Å². The smallest absolute Gasteiger partial charge is 0.269 e. The van der Waals surface area contributed by atoms with Crippen LogP contribution in [0.2, 0.25) is 0 Å². The summed E-state index contributed by atoms with van der Waals surface area (Å²) < 4.78 is 30.2. The van der Waals surface area contributed by atoms with Crippen LogP contribution in [0.4, 0.5) is 5.82 Å². The van der Waals surface area contributed by atoms with Crippen molar-refractivity contribution in [3.05, 3.63) is 78.4 Å². The first-order chi connectivity index (χ1) is 18.4. The minimum Gasteiger partial charge on any atom is -0.366 e. The number of aromatic nitrogens is 6. The molecule has 192 valence electrons. The number of nitrogens with one attached hydrogen (secondary N) is 1. The van der Waals surface area contributed by atoms with Crippen molar-refractivity contribution < 1.29 is 8.42 Å². The lowest BCUT2D eigenvalue weighted by Gasteiger charge is -2.17. The number of hydrogen-bond donors (Lipinski definition) is 1. The van der Waals surface area contributed by atoms with Crippen LogP contribution >= 0.6 is 0 Å². The average Bonchev–Trinajstić information content (AvgIpc) is 3.65. The lowest BCUT2D eigenvalue weighted by molar-refractivity contribution is 0.452. The lowest BCUT2D eigenvalue weighted by Crippen LogP contribution is -2.17. The van der Waals surface area contributed by atoms with Gasteiger partial charge in [0.1, 0.15) is 17.7 Å². The molecule has 0 radical (unpaired) electrons. The Bertz CT molecular complexity index is 1780. The quantitative estimate of drug-likeness (QED) is 0.347. The molecule has 5 aromatic rings. The third-order valence-corrected chi connectivity index (χ3v) is 9.11. The monoisotopic (exact) mass is 526 g/mol. The maximum atomic E-state index is 13.5. The maximum Gasteiger partial charge on any atom is 0.269 e. The van der Waals surface area contributed by atoms with Gasteiger partial charge in [-0.05, 0) is 43.9 Å². The molecule has 1 aliphatic carbocycles. The van der Waals surface area contributed by atoms with Crippen LogP contribution in [0.5, 0.6) is 0 Å². The summed E-state index contributed by atoms with van der Waals surface area (Å²) >= 11 is 0. The van der Waals surface area contributed by atoms with Gasteiger partial charge in [0.25, 0.3) is 10.0 Å². The van der Waals surface area contributed by atoms with Crippen LogP contribution in [-0.2, 0) is 10.0 Å². The van der Waals surface area contributed by atoms with Gasteiger partial charge < -0.3 is 5.32 Å². The van der Waals surface area contributed by atoms with Gasteiger partial charge in [0.15, 0.2) is 11.3 Å². The zero-order chi connectivity index (χ0) is 26.4. The Morgan fingerprint density at radius 1 is 1.03 bits per heavy atom. The maximum absolute atomic E-state index is 13.5. The number of rotatable bonds is 6. The molecule has 6 rings (SSSR count). The van der Waals surface area contributed by atoms with Crippen molar-refractivity contribution in [1.82, 2.24) is 28.3 Å². The molecule has 1 aliphatic rings. The van der Waals surface area contributed by atoms with Crippen LogP contribution in [0.3, 0.4) is 0 Å². The normalized spacial score (nSPS) is 19.7. The fourth-order valence-corrected chi connectivity index (χ4v) is 6.81. The lowest BCUT2D eigenvalue weighted by atomic mass is 9.93. The number of benzene rings is 1. The molecule has 10 nitrogen and oxygen atoms in total. The summed E-state index contributed by atoms with van der Waals surface area (Å²) in [4.78, 5) is 18.0. The molecule has 4 heterocycles. The van der Waals surface area contributed by atoms with Crippen molar-refractivity contribution in [3.63, 3.8) is 0 Å². The largest absolute Gasteiger partial charge is 0.366 e. The second-order valence-corrected chi connectivity index (χ2v) is 11.6. The molecule has 1 fully saturated rings. The van der Waals surface area contributed by atoms with Crippen molar-refractivity contribution in [1.29, 1.82) is 5.26 Å². The molecule has 1 saturated carbocycles. The first-order valence-electron chi connectivity index (χ1n) is 12.5. The number of nitrogens with zero attached hydrogens (tertiary/aromatic N) is 7. The number of aryl methyl sites for hydroxylation is 1. The zero-order valence-electron chi connectivity index (χ0n) is 21.0. The number of fused-ring (bicyclic) bond motifs is 3. The highest BCUT2D eigenvalue weighted by Gasteiger charge is 2.37. The minimum atomic E-state index is -3.81. The minimum absolute atomic E-state index is 0.161. The molecule has 0 saturated heterocycles. The molecule has 4 aromatic heterocycles. The summed E-state index contributed by atoms with van der Waals surface area (Å²) in [5, 5.41) is 12.4. The molecule has 0 aliphatic heterocycles. The standard InChI is InChI=1S/C27H26N8O2S/c1-3-18-10-19(33-25-16-29-20(12-28)13-30-25)11-23(18)26-31-14-21-15-32-27-24(35(21)26)8-9-34(27)38(36,37)22-6-4-17(2)5-7-22/h4-9,13-16,18-19,23H,3,10-11H2,1-2H3,(H,30,33)/t18-,19+,23+/m1/s1. The van der Waals surface area contributed by atoms with Crippen LogP contribution in [0.1, 0.15) is 49.2 Å². The van der Waals surface area contributed by atoms with Gasteiger partial charge in [-0.2, -0.15) is 5.26 Å². The molecule has 1 N–H and O–H groups in total. The van der Waals surface area contributed by atoms with E-state index in [4.69, 9.17) is 10.2 Å². The summed E-state index contributed by atoms with van der Waals surface area (Å²) in [7, 11) is -3.81. The van der Waals surface area contributed by atoms with E-state index in [0.29, 0.717) is 22.9 Å². The second-order valence-electron chi connectivity index (χ2n) is 9.76. The van der Waals surface area contributed by atoms with E-state index in [-0.39, 0.29) is 22.5 Å². The summed E-state index contributed by atoms with van der Waals surface area (Å²) in [6.45, 7) is 4.10. The van der Waals surface area contributed by atoms with Crippen LogP contribution in [-0.4, -0.2) is 42.8 Å². The van der Waals surface area contributed by atoms with Crippen molar-refractivity contribution in [2.75, 3.05) is 5.32 Å². The van der Waals surface area contributed by atoms with Crippen LogP contribution < -0.4 is 5.32 Å². The summed E-state index contributed by atoms with van der Waals surface area (Å²) in [5.41, 5.74) is 3.16. The Labute approximate surface area is 220 Å². The molecule has 0 unspecified atom stereocenters. The van der Waals surface area contributed by atoms with Crippen LogP contribution in [0, 0.1) is 24.2 Å². The molecule has 3 atom stereocenters. The number of anilines is 1. The third-order valence-electron chi connectivity index (χ3n) is 7.43. The first kappa shape index (κ1) is 24.1. The number of hydrogen-bond acceptors (Lipinski definition) is 8. The molecule has 0 spiro atoms. The van der Waals surface area contributed by atoms with Crippen molar-refractivity contribution in [2.24, 2.45) is 5.92 Å². The SMILES string of the molecule is CC[C@@H]1C[C@H](Nc2cnc(C#N)cn2)C[C@@H]1c1ncc2cnc3c(ccn3S(=O)(=O)c3ccc(C)cc3)n12. The molecule has 1 aromatic carbocycles. The molecule has 11 heteroatoms. The van der Waals surface area contributed by atoms with Gasteiger partial charge in [-0.25, -0.2) is 32.3 Å². The summed E-state index contributed by atoms with van der Waals surface area (Å²) in [5.74, 6) is 2.09. The van der Waals surface area contributed by atoms with E-state index in [1.54, 1.807) is 55.1 Å². The van der Waals surface area contributed by atoms with Gasteiger partial charge in [0, 0.05) is 18.2 Å². The molecule has 0 bridgehead atoms. The van der Waals surface area contributed by atoms with Gasteiger partial charge in [-0.1, -0.05) is 31.0 Å². The summed E-state index contributed by atoms with van der Waals surface area (Å²) in [6.07, 6.45) is 10.9. The fraction of sp³-hybridized carbons (Fsp3) is 0.296. The van der Waals surface area contributed by atoms with Gasteiger partial charge in [0.2, 0.25) is 0 Å². The molecule has 0 amide bonds. The van der Waals surface area contributed by atoms with Gasteiger partial charge in [-0.3, -0.25) is 4.40 Å². The predicted molar refractivity (Wildman–Crippen MR) is 142 cm³/mol. The Balaban J connectivity index is 1.37. The second kappa shape index (κ2) is 9.22. The summed E-state index contributed by atoms with van der Waals surface area (Å²) in [6, 6.07) is 10.8. The van der Waals surface area contributed by atoms with Crippen LogP contribution in [0.25, 0.3) is 16.7 Å². The van der Waals surface area contributed by atoms with Crippen molar-refractivity contribution in [2.45, 2.75) is 50.0 Å². The third kappa shape index (κ3) is 3.97. The molecular formula is C27H26N8O2S. The van der Waals surface area contributed by atoms with E-state index in [9.17, 15) is 8.42 Å². The van der Waals surface area contributed by atoms with Gasteiger partial charge in [0.05, 0.1) is 40.7 Å². The van der Waals surface area contributed by atoms with Gasteiger partial charge >= 0.3 is 0 Å². The predicted octanol–water partition coefficient (Wildman–Crippen LogP) is 4.28. The van der Waals surface area contributed by atoms with Crippen molar-refractivity contribution >= 4 is 32.5 Å². The Kier molecular flexibility index (Phi) is 5.84. The van der Waals surface area contributed by atoms with Gasteiger partial charge in [-0.15, -0.1) is 0 Å². The first-order valence-corrected chi connectivity index (χ1v) is 14.0. The van der Waals surface area contributed by atoms with E-state index >= 15 is 0 Å². The highest BCUT2D eigenvalue weighted by Crippen LogP contribution is 2.42. The highest BCUT2D eigenvalue weighted by molar-refractivity contribution is 7.90. The number of nitriles is 1. The van der Waals surface area contributed by atoms with E-state index in [1.807, 2.05) is 17.4 Å². The van der Waals surface area contributed by atoms with E-state index < -0.39 is 10.0 Å². The highest BCUT2D eigenvalue weighted by atomic mass is 32.2. The Morgan fingerprint density at radius 3 is 2.53 bits per heavy atom. The van der Waals surface area contributed by atoms with Crippen molar-refractivity contribution in [3.8, 4) is 6.07 Å². The molecular weight excluding hydrogens is 500 g/mol. The fourth-order valence-electron chi connectivity index (χ4n) is 5.51. The average molecular weight is 527 g/mol. The van der Waals surface area contributed by atoms with E-state index in [1.165, 1.54) is 10.2 Å². The Hall–Kier alpha value is -4.30. The van der Waals surface area contributed by atoms with Crippen LogP contribution in [0.15, 0.2) is 66.2 Å². The zero-order valence-corrected chi connectivity index (χ0v) is 21.8. The number of imidazole rings is 1. The molecule has 38 heavy (non-hydrogen) atoms. The Morgan fingerprint density at radius 2 is 1.82 bits per heavy atom.